The van der Waals surface area contributed by atoms with E-state index in [0.29, 0.717) is 13.0 Å². The smallest absolute Gasteiger partial charge is 0.320 e. The molecule has 9 nitrogen and oxygen atoms in total. The molecule has 0 spiro atoms. The number of carbonyl (C=O) groups is 2. The van der Waals surface area contributed by atoms with Gasteiger partial charge in [0.1, 0.15) is 18.9 Å². The first-order valence-electron chi connectivity index (χ1n) is 16.0. The van der Waals surface area contributed by atoms with Crippen molar-refractivity contribution in [3.8, 4) is 0 Å². The molecule has 4 aliphatic heterocycles. The molecule has 0 radical (unpaired) electrons. The normalized spacial score (nSPS) is 44.2. The van der Waals surface area contributed by atoms with E-state index in [1.807, 2.05) is 11.8 Å². The molecule has 4 saturated heterocycles. The van der Waals surface area contributed by atoms with Gasteiger partial charge in [-0.2, -0.15) is 0 Å². The van der Waals surface area contributed by atoms with Crippen LogP contribution < -0.4 is 21.3 Å². The number of carbonyl (C=O) groups excluding carboxylic acids is 2. The van der Waals surface area contributed by atoms with Crippen LogP contribution in [-0.4, -0.2) is 91.9 Å². The second-order valence-electron chi connectivity index (χ2n) is 13.2. The van der Waals surface area contributed by atoms with Crippen molar-refractivity contribution in [3.63, 3.8) is 0 Å². The van der Waals surface area contributed by atoms with Gasteiger partial charge in [-0.05, 0) is 70.4 Å². The second-order valence-corrected chi connectivity index (χ2v) is 13.2. The van der Waals surface area contributed by atoms with Crippen LogP contribution >= 0.6 is 0 Å². The molecule has 228 valence electrons. The lowest BCUT2D eigenvalue weighted by Crippen LogP contribution is -2.79. The Bertz CT molecular complexity index is 894. The number of hydrogen-bond acceptors (Lipinski definition) is 7. The van der Waals surface area contributed by atoms with Gasteiger partial charge in [0.15, 0.2) is 5.78 Å². The van der Waals surface area contributed by atoms with Crippen LogP contribution in [0.3, 0.4) is 0 Å². The number of urea groups is 1. The maximum Gasteiger partial charge on any atom is 0.320 e. The van der Waals surface area contributed by atoms with Crippen LogP contribution in [0.2, 0.25) is 0 Å². The number of fused-ring (bicyclic) bond motifs is 5. The first-order valence-corrected chi connectivity index (χ1v) is 16.0. The molecule has 10 heteroatoms. The van der Waals surface area contributed by atoms with Crippen molar-refractivity contribution in [2.45, 2.75) is 122 Å². The van der Waals surface area contributed by atoms with E-state index in [2.05, 4.69) is 49.0 Å². The highest BCUT2D eigenvalue weighted by molar-refractivity contribution is 5.85. The lowest BCUT2D eigenvalue weighted by atomic mass is 9.69. The van der Waals surface area contributed by atoms with E-state index in [1.54, 1.807) is 0 Å². The summed E-state index contributed by atoms with van der Waals surface area (Å²) in [4.78, 5) is 30.0. The van der Waals surface area contributed by atoms with Crippen molar-refractivity contribution >= 4 is 11.8 Å². The van der Waals surface area contributed by atoms with Crippen LogP contribution in [0.1, 0.15) is 73.1 Å². The zero-order valence-electron chi connectivity index (χ0n) is 25.0. The number of amides is 2. The fourth-order valence-corrected chi connectivity index (χ4v) is 8.55. The summed E-state index contributed by atoms with van der Waals surface area (Å²) >= 11 is 0. The van der Waals surface area contributed by atoms with E-state index in [4.69, 9.17) is 9.47 Å². The van der Waals surface area contributed by atoms with Gasteiger partial charge in [0.05, 0.1) is 24.5 Å². The average Bonchev–Trinajstić information content (AvgIpc) is 2.93. The van der Waals surface area contributed by atoms with E-state index in [1.165, 1.54) is 0 Å². The molecule has 12 atom stereocenters. The molecule has 12 unspecified atom stereocenters. The number of hydrogen-bond donors (Lipinski definition) is 4. The molecule has 1 aliphatic carbocycles. The Labute approximate surface area is 239 Å². The molecule has 2 amide bonds. The minimum atomic E-state index is -1.01. The Balaban J connectivity index is 1.62. The predicted molar refractivity (Wildman–Crippen MR) is 151 cm³/mol. The SMILES string of the molecule is CCCNC1NC(=O)N2C3NC(C(C)CC13)C1C(F)CCCC1OCC(=O)C(OCC)C1CCNC(C(C)C)C12. The molecule has 5 aliphatic rings. The third-order valence-corrected chi connectivity index (χ3v) is 10.3. The highest BCUT2D eigenvalue weighted by Crippen LogP contribution is 2.43. The summed E-state index contributed by atoms with van der Waals surface area (Å²) in [6, 6.07) is -0.557. The molecular formula is C30H52FN5O4. The number of nitrogens with one attached hydrogen (secondary N) is 4. The summed E-state index contributed by atoms with van der Waals surface area (Å²) in [5.41, 5.74) is 0. The van der Waals surface area contributed by atoms with Gasteiger partial charge in [-0.1, -0.05) is 27.7 Å². The summed E-state index contributed by atoms with van der Waals surface area (Å²) in [5, 5.41) is 14.5. The van der Waals surface area contributed by atoms with E-state index in [0.717, 1.165) is 45.2 Å². The molecular weight excluding hydrogens is 513 g/mol. The third-order valence-electron chi connectivity index (χ3n) is 10.3. The number of ether oxygens (including phenoxy) is 2. The number of halogens is 1. The minimum absolute atomic E-state index is 0.0131. The predicted octanol–water partition coefficient (Wildman–Crippen LogP) is 2.79. The van der Waals surface area contributed by atoms with Crippen molar-refractivity contribution in [2.24, 2.45) is 29.6 Å². The first-order chi connectivity index (χ1) is 19.3. The van der Waals surface area contributed by atoms with Crippen LogP contribution in [-0.2, 0) is 14.3 Å². The van der Waals surface area contributed by atoms with Gasteiger partial charge in [0, 0.05) is 36.4 Å². The molecule has 5 fully saturated rings. The number of rotatable bonds is 6. The van der Waals surface area contributed by atoms with Gasteiger partial charge in [-0.15, -0.1) is 0 Å². The Hall–Kier alpha value is -1.33. The zero-order chi connectivity index (χ0) is 28.6. The molecule has 4 heterocycles. The summed E-state index contributed by atoms with van der Waals surface area (Å²) in [7, 11) is 0. The standard InChI is InChI=1S/C30H52FN5O4/c1-6-12-33-28-19-14-17(5)25-23-20(31)9-8-10-22(23)40-15-21(37)27(39-7-2)18-11-13-32-24(16(3)4)26(18)36(29(19)34-25)30(38)35-28/h16-20,22-29,32-34H,6-15H2,1-5H3,(H,35,38). The van der Waals surface area contributed by atoms with Crippen molar-refractivity contribution in [2.75, 3.05) is 26.3 Å². The quantitative estimate of drug-likeness (QED) is 0.393. The number of Topliss-reactive ketones (excluding diaryl/α,β-unsaturated/α-hetero) is 1. The molecule has 0 aromatic heterocycles. The Morgan fingerprint density at radius 1 is 1.18 bits per heavy atom. The van der Waals surface area contributed by atoms with Crippen molar-refractivity contribution in [3.05, 3.63) is 0 Å². The largest absolute Gasteiger partial charge is 0.370 e. The van der Waals surface area contributed by atoms with Gasteiger partial charge in [-0.3, -0.25) is 15.4 Å². The Kier molecular flexibility index (Phi) is 9.72. The molecule has 5 rings (SSSR count). The van der Waals surface area contributed by atoms with Crippen LogP contribution in [0.15, 0.2) is 0 Å². The van der Waals surface area contributed by atoms with Gasteiger partial charge in [0.2, 0.25) is 0 Å². The summed E-state index contributed by atoms with van der Waals surface area (Å²) < 4.78 is 28.3. The van der Waals surface area contributed by atoms with Crippen LogP contribution in [0.5, 0.6) is 0 Å². The Morgan fingerprint density at radius 2 is 1.98 bits per heavy atom. The molecule has 0 aromatic rings. The minimum Gasteiger partial charge on any atom is -0.370 e. The number of alkyl halides is 1. The topological polar surface area (TPSA) is 104 Å². The number of nitrogens with zero attached hydrogens (tertiary/aromatic N) is 1. The van der Waals surface area contributed by atoms with Crippen molar-refractivity contribution < 1.29 is 23.5 Å². The lowest BCUT2D eigenvalue weighted by molar-refractivity contribution is -0.155. The molecule has 2 bridgehead atoms. The Morgan fingerprint density at radius 3 is 2.70 bits per heavy atom. The van der Waals surface area contributed by atoms with Crippen molar-refractivity contribution in [1.82, 2.24) is 26.2 Å². The van der Waals surface area contributed by atoms with E-state index in [9.17, 15) is 9.59 Å². The number of piperidine rings is 2. The maximum absolute atomic E-state index is 15.8. The van der Waals surface area contributed by atoms with Crippen molar-refractivity contribution in [1.29, 1.82) is 0 Å². The molecule has 1 saturated carbocycles. The zero-order valence-corrected chi connectivity index (χ0v) is 25.0. The summed E-state index contributed by atoms with van der Waals surface area (Å²) in [6.45, 7) is 12.5. The van der Waals surface area contributed by atoms with E-state index < -0.39 is 12.3 Å². The van der Waals surface area contributed by atoms with Gasteiger partial charge >= 0.3 is 6.03 Å². The number of ketones is 1. The fourth-order valence-electron chi connectivity index (χ4n) is 8.55. The van der Waals surface area contributed by atoms with Gasteiger partial charge in [0.25, 0.3) is 0 Å². The average molecular weight is 566 g/mol. The van der Waals surface area contributed by atoms with Gasteiger partial charge < -0.3 is 25.0 Å². The maximum atomic E-state index is 15.8. The van der Waals surface area contributed by atoms with Crippen LogP contribution in [0.4, 0.5) is 9.18 Å². The summed E-state index contributed by atoms with van der Waals surface area (Å²) in [6.07, 6.45) is 2.07. The van der Waals surface area contributed by atoms with Gasteiger partial charge in [-0.25, -0.2) is 9.18 Å². The molecule has 0 aromatic carbocycles. The molecule has 40 heavy (non-hydrogen) atoms. The summed E-state index contributed by atoms with van der Waals surface area (Å²) in [5.74, 6) is -0.121. The monoisotopic (exact) mass is 565 g/mol. The third kappa shape index (κ3) is 5.68. The fraction of sp³-hybridized carbons (Fsp3) is 0.933. The second kappa shape index (κ2) is 12.9. The lowest BCUT2D eigenvalue weighted by Gasteiger charge is -2.59. The highest BCUT2D eigenvalue weighted by atomic mass is 19.1. The highest BCUT2D eigenvalue weighted by Gasteiger charge is 2.56. The molecule has 4 N–H and O–H groups in total. The van der Waals surface area contributed by atoms with E-state index in [-0.39, 0.29) is 84.6 Å². The van der Waals surface area contributed by atoms with E-state index >= 15 is 4.39 Å². The first kappa shape index (κ1) is 30.1. The van der Waals surface area contributed by atoms with Crippen LogP contribution in [0, 0.1) is 29.6 Å². The van der Waals surface area contributed by atoms with Crippen LogP contribution in [0.25, 0.3) is 0 Å².